The Morgan fingerprint density at radius 1 is 1.33 bits per heavy atom. The van der Waals surface area contributed by atoms with Gasteiger partial charge in [-0.05, 0) is 39.0 Å². The fourth-order valence-electron chi connectivity index (χ4n) is 2.15. The predicted octanol–water partition coefficient (Wildman–Crippen LogP) is 3.79. The van der Waals surface area contributed by atoms with Gasteiger partial charge in [-0.1, -0.05) is 15.9 Å². The molecule has 0 amide bonds. The molecule has 0 bridgehead atoms. The molecule has 0 aliphatic rings. The molecular weight excluding hydrogens is 388 g/mol. The fourth-order valence-corrected chi connectivity index (χ4v) is 3.43. The number of guanidine groups is 1. The maximum Gasteiger partial charge on any atom is 0.191 e. The zero-order chi connectivity index (χ0) is 17.5. The Morgan fingerprint density at radius 3 is 2.75 bits per heavy atom. The lowest BCUT2D eigenvalue weighted by atomic mass is 10.2. The van der Waals surface area contributed by atoms with E-state index in [1.165, 1.54) is 4.88 Å². The maximum absolute atomic E-state index is 5.40. The van der Waals surface area contributed by atoms with Crippen LogP contribution in [0.1, 0.15) is 28.1 Å². The van der Waals surface area contributed by atoms with Crippen molar-refractivity contribution >= 4 is 33.2 Å². The molecule has 0 aliphatic heterocycles. The van der Waals surface area contributed by atoms with Gasteiger partial charge in [0.05, 0.1) is 25.9 Å². The van der Waals surface area contributed by atoms with Crippen molar-refractivity contribution in [1.82, 2.24) is 15.6 Å². The van der Waals surface area contributed by atoms with E-state index in [1.54, 1.807) is 18.4 Å². The molecule has 1 aromatic heterocycles. The first-order valence-electron chi connectivity index (χ1n) is 7.81. The number of nitrogens with one attached hydrogen (secondary N) is 2. The third-order valence-corrected chi connectivity index (χ3v) is 5.04. The second kappa shape index (κ2) is 9.03. The molecule has 130 valence electrons. The summed E-state index contributed by atoms with van der Waals surface area (Å²) < 4.78 is 6.41. The number of benzene rings is 1. The second-order valence-electron chi connectivity index (χ2n) is 5.25. The van der Waals surface area contributed by atoms with E-state index in [0.717, 1.165) is 39.0 Å². The summed E-state index contributed by atoms with van der Waals surface area (Å²) in [4.78, 5) is 10.5. The summed E-state index contributed by atoms with van der Waals surface area (Å²) in [5, 5.41) is 7.66. The van der Waals surface area contributed by atoms with E-state index in [9.17, 15) is 0 Å². The quantitative estimate of drug-likeness (QED) is 0.561. The van der Waals surface area contributed by atoms with Crippen molar-refractivity contribution < 1.29 is 4.74 Å². The molecule has 0 unspecified atom stereocenters. The summed E-state index contributed by atoms with van der Waals surface area (Å²) in [6, 6.07) is 5.93. The van der Waals surface area contributed by atoms with Gasteiger partial charge >= 0.3 is 0 Å². The molecule has 0 saturated heterocycles. The van der Waals surface area contributed by atoms with Gasteiger partial charge in [0, 0.05) is 21.5 Å². The standard InChI is InChI=1S/C17H23BrN4OS/c1-5-19-17(21-10-16-22-11(2)12(3)24-16)20-9-13-8-14(18)6-7-15(13)23-4/h6-8H,5,9-10H2,1-4H3,(H2,19,20,21). The number of halogens is 1. The Hall–Kier alpha value is -1.60. The average Bonchev–Trinajstić information content (AvgIpc) is 2.88. The summed E-state index contributed by atoms with van der Waals surface area (Å²) >= 11 is 5.21. The number of hydrogen-bond acceptors (Lipinski definition) is 4. The van der Waals surface area contributed by atoms with E-state index in [2.05, 4.69) is 50.4 Å². The molecule has 2 N–H and O–H groups in total. The zero-order valence-electron chi connectivity index (χ0n) is 14.4. The Morgan fingerprint density at radius 2 is 2.12 bits per heavy atom. The van der Waals surface area contributed by atoms with Crippen molar-refractivity contribution in [3.63, 3.8) is 0 Å². The smallest absolute Gasteiger partial charge is 0.191 e. The van der Waals surface area contributed by atoms with E-state index in [4.69, 9.17) is 4.74 Å². The number of aryl methyl sites for hydroxylation is 2. The number of nitrogens with zero attached hydrogens (tertiary/aromatic N) is 2. The Kier molecular flexibility index (Phi) is 7.05. The Balaban J connectivity index is 2.06. The van der Waals surface area contributed by atoms with Crippen LogP contribution < -0.4 is 15.4 Å². The SMILES string of the molecule is CCNC(=NCc1cc(Br)ccc1OC)NCc1nc(C)c(C)s1. The predicted molar refractivity (Wildman–Crippen MR) is 104 cm³/mol. The van der Waals surface area contributed by atoms with Crippen molar-refractivity contribution in [3.05, 3.63) is 43.8 Å². The molecule has 0 radical (unpaired) electrons. The van der Waals surface area contributed by atoms with Crippen LogP contribution >= 0.6 is 27.3 Å². The summed E-state index contributed by atoms with van der Waals surface area (Å²) in [6.07, 6.45) is 0. The summed E-state index contributed by atoms with van der Waals surface area (Å²) in [6.45, 7) is 8.18. The third kappa shape index (κ3) is 5.21. The van der Waals surface area contributed by atoms with Crippen molar-refractivity contribution in [2.45, 2.75) is 33.9 Å². The molecule has 5 nitrogen and oxygen atoms in total. The molecule has 2 rings (SSSR count). The molecular formula is C17H23BrN4OS. The summed E-state index contributed by atoms with van der Waals surface area (Å²) in [5.41, 5.74) is 2.13. The topological polar surface area (TPSA) is 58.5 Å². The largest absolute Gasteiger partial charge is 0.496 e. The summed E-state index contributed by atoms with van der Waals surface area (Å²) in [7, 11) is 1.67. The van der Waals surface area contributed by atoms with E-state index < -0.39 is 0 Å². The van der Waals surface area contributed by atoms with Crippen LogP contribution in [-0.4, -0.2) is 24.6 Å². The van der Waals surface area contributed by atoms with E-state index in [1.807, 2.05) is 25.1 Å². The first-order chi connectivity index (χ1) is 11.5. The number of thiazole rings is 1. The molecule has 0 aliphatic carbocycles. The van der Waals surface area contributed by atoms with Crippen molar-refractivity contribution in [3.8, 4) is 5.75 Å². The lowest BCUT2D eigenvalue weighted by Crippen LogP contribution is -2.36. The van der Waals surface area contributed by atoms with Crippen LogP contribution in [-0.2, 0) is 13.1 Å². The number of aromatic nitrogens is 1. The molecule has 1 heterocycles. The van der Waals surface area contributed by atoms with Crippen LogP contribution in [0.15, 0.2) is 27.7 Å². The van der Waals surface area contributed by atoms with Crippen LogP contribution in [0.25, 0.3) is 0 Å². The van der Waals surface area contributed by atoms with E-state index in [0.29, 0.717) is 13.1 Å². The lowest BCUT2D eigenvalue weighted by Gasteiger charge is -2.11. The molecule has 7 heteroatoms. The van der Waals surface area contributed by atoms with Crippen LogP contribution in [0.3, 0.4) is 0 Å². The Bertz CT molecular complexity index is 695. The van der Waals surface area contributed by atoms with Gasteiger partial charge in [-0.2, -0.15) is 0 Å². The third-order valence-electron chi connectivity index (χ3n) is 3.47. The van der Waals surface area contributed by atoms with E-state index >= 15 is 0 Å². The average molecular weight is 411 g/mol. The molecule has 2 aromatic rings. The highest BCUT2D eigenvalue weighted by Gasteiger charge is 2.06. The van der Waals surface area contributed by atoms with Crippen molar-refractivity contribution in [1.29, 1.82) is 0 Å². The molecule has 24 heavy (non-hydrogen) atoms. The maximum atomic E-state index is 5.40. The minimum Gasteiger partial charge on any atom is -0.496 e. The first-order valence-corrected chi connectivity index (χ1v) is 9.42. The number of ether oxygens (including phenoxy) is 1. The van der Waals surface area contributed by atoms with Crippen molar-refractivity contribution in [2.24, 2.45) is 4.99 Å². The normalized spacial score (nSPS) is 11.5. The lowest BCUT2D eigenvalue weighted by molar-refractivity contribution is 0.409. The van der Waals surface area contributed by atoms with Gasteiger partial charge in [-0.3, -0.25) is 0 Å². The van der Waals surface area contributed by atoms with Gasteiger partial charge in [-0.15, -0.1) is 11.3 Å². The number of rotatable bonds is 6. The molecule has 1 aromatic carbocycles. The minimum atomic E-state index is 0.536. The van der Waals surface area contributed by atoms with Crippen LogP contribution in [0.2, 0.25) is 0 Å². The zero-order valence-corrected chi connectivity index (χ0v) is 16.8. The van der Waals surface area contributed by atoms with Gasteiger partial charge in [0.1, 0.15) is 10.8 Å². The van der Waals surface area contributed by atoms with Crippen LogP contribution in [0.4, 0.5) is 0 Å². The van der Waals surface area contributed by atoms with Crippen LogP contribution in [0, 0.1) is 13.8 Å². The van der Waals surface area contributed by atoms with Gasteiger partial charge in [0.2, 0.25) is 0 Å². The van der Waals surface area contributed by atoms with Crippen LogP contribution in [0.5, 0.6) is 5.75 Å². The van der Waals surface area contributed by atoms with Gasteiger partial charge < -0.3 is 15.4 Å². The van der Waals surface area contributed by atoms with Gasteiger partial charge in [0.25, 0.3) is 0 Å². The second-order valence-corrected chi connectivity index (χ2v) is 7.46. The van der Waals surface area contributed by atoms with Gasteiger partial charge in [-0.25, -0.2) is 9.98 Å². The molecule has 0 fully saturated rings. The molecule has 0 spiro atoms. The molecule has 0 atom stereocenters. The minimum absolute atomic E-state index is 0.536. The Labute approximate surface area is 155 Å². The number of aliphatic imine (C=N–C) groups is 1. The monoisotopic (exact) mass is 410 g/mol. The number of methoxy groups -OCH3 is 1. The van der Waals surface area contributed by atoms with Crippen molar-refractivity contribution in [2.75, 3.05) is 13.7 Å². The highest BCUT2D eigenvalue weighted by atomic mass is 79.9. The molecule has 0 saturated carbocycles. The van der Waals surface area contributed by atoms with Gasteiger partial charge in [0.15, 0.2) is 5.96 Å². The summed E-state index contributed by atoms with van der Waals surface area (Å²) in [5.74, 6) is 1.61. The first kappa shape index (κ1) is 18.7. The highest BCUT2D eigenvalue weighted by molar-refractivity contribution is 9.10. The number of hydrogen-bond donors (Lipinski definition) is 2. The fraction of sp³-hybridized carbons (Fsp3) is 0.412. The van der Waals surface area contributed by atoms with E-state index in [-0.39, 0.29) is 0 Å². The highest BCUT2D eigenvalue weighted by Crippen LogP contribution is 2.23.